The Labute approximate surface area is 308 Å². The predicted octanol–water partition coefficient (Wildman–Crippen LogP) is 0.614. The Morgan fingerprint density at radius 3 is 0.636 bits per heavy atom. The van der Waals surface area contributed by atoms with Crippen LogP contribution in [0.3, 0.4) is 0 Å². The van der Waals surface area contributed by atoms with Crippen LogP contribution in [0.2, 0.25) is 0 Å². The fraction of sp³-hybridized carbons (Fsp3) is 0.636. The molecular formula is C33H38O22. The Bertz CT molecular complexity index is 1600. The van der Waals surface area contributed by atoms with E-state index in [0.717, 1.165) is 0 Å². The van der Waals surface area contributed by atoms with Crippen LogP contribution < -0.4 is 0 Å². The lowest BCUT2D eigenvalue weighted by molar-refractivity contribution is -0.213. The lowest BCUT2D eigenvalue weighted by Crippen LogP contribution is -2.65. The number of carboxylic acid groups (broad SMARTS) is 8. The van der Waals surface area contributed by atoms with Gasteiger partial charge in [0.2, 0.25) is 0 Å². The molecule has 0 spiro atoms. The van der Waals surface area contributed by atoms with E-state index in [1.165, 1.54) is 0 Å². The molecule has 0 saturated heterocycles. The molecule has 0 heterocycles. The second-order valence-electron chi connectivity index (χ2n) is 13.9. The van der Waals surface area contributed by atoms with E-state index < -0.39 is 155 Å². The molecule has 3 aliphatic carbocycles. The first-order valence-electron chi connectivity index (χ1n) is 16.9. The van der Waals surface area contributed by atoms with Crippen molar-refractivity contribution in [3.8, 4) is 0 Å². The fourth-order valence-corrected chi connectivity index (χ4v) is 8.62. The highest BCUT2D eigenvalue weighted by Crippen LogP contribution is 2.56. The molecular weight excluding hydrogens is 748 g/mol. The first kappa shape index (κ1) is 43.4. The van der Waals surface area contributed by atoms with Crippen LogP contribution in [0.15, 0.2) is 0 Å². The molecule has 3 aliphatic rings. The summed E-state index contributed by atoms with van der Waals surface area (Å²) < 4.78 is 9.50. The van der Waals surface area contributed by atoms with Crippen LogP contribution in [0.1, 0.15) is 96.3 Å². The molecule has 0 aromatic rings. The number of hydrogen-bond donors (Lipinski definition) is 8. The van der Waals surface area contributed by atoms with Gasteiger partial charge in [-0.1, -0.05) is 57.8 Å². The van der Waals surface area contributed by atoms with Gasteiger partial charge >= 0.3 is 71.6 Å². The van der Waals surface area contributed by atoms with Gasteiger partial charge in [-0.3, -0.25) is 57.5 Å². The lowest BCUT2D eigenvalue weighted by Gasteiger charge is -2.42. The third-order valence-corrected chi connectivity index (χ3v) is 11.7. The molecule has 0 aromatic heterocycles. The van der Waals surface area contributed by atoms with Crippen LogP contribution in [0.4, 0.5) is 0 Å². The molecule has 2 atom stereocenters. The minimum absolute atomic E-state index is 0.0441. The molecule has 0 bridgehead atoms. The largest absolute Gasteiger partial charge is 0.480 e. The zero-order chi connectivity index (χ0) is 41.9. The van der Waals surface area contributed by atoms with Crippen LogP contribution >= 0.6 is 0 Å². The van der Waals surface area contributed by atoms with E-state index in [4.69, 9.17) is 9.47 Å². The van der Waals surface area contributed by atoms with Gasteiger partial charge in [-0.2, -0.15) is 0 Å². The average Bonchev–Trinajstić information content (AvgIpc) is 3.53. The number of rotatable bonds is 12. The summed E-state index contributed by atoms with van der Waals surface area (Å²) in [7, 11) is 0. The SMILES string of the molecule is O=C(O)C1(C(=O)O)CCCCCC1(C(=O)O)C(=O)OC(=O)C1(C(=O)OC(=O)C2(C(=O)O)CCCCCC2(C(=O)O)C(=O)O)CCCCCC1(C(=O)O)C(=O)O. The van der Waals surface area contributed by atoms with Gasteiger partial charge in [-0.15, -0.1) is 0 Å². The summed E-state index contributed by atoms with van der Waals surface area (Å²) in [4.78, 5) is 159. The monoisotopic (exact) mass is 786 g/mol. The van der Waals surface area contributed by atoms with E-state index >= 15 is 0 Å². The minimum atomic E-state index is -3.99. The van der Waals surface area contributed by atoms with Crippen molar-refractivity contribution in [1.82, 2.24) is 0 Å². The molecule has 0 aliphatic heterocycles. The molecule has 0 radical (unpaired) electrons. The quantitative estimate of drug-likeness (QED) is 0.0763. The zero-order valence-corrected chi connectivity index (χ0v) is 28.9. The van der Waals surface area contributed by atoms with Crippen LogP contribution in [0.25, 0.3) is 0 Å². The number of carbonyl (C=O) groups is 12. The molecule has 3 saturated carbocycles. The van der Waals surface area contributed by atoms with E-state index in [2.05, 4.69) is 0 Å². The van der Waals surface area contributed by atoms with E-state index in [0.29, 0.717) is 0 Å². The Kier molecular flexibility index (Phi) is 12.2. The first-order chi connectivity index (χ1) is 25.5. The summed E-state index contributed by atoms with van der Waals surface area (Å²) in [6.45, 7) is 0. The molecule has 8 N–H and O–H groups in total. The van der Waals surface area contributed by atoms with Crippen molar-refractivity contribution in [3.05, 3.63) is 0 Å². The summed E-state index contributed by atoms with van der Waals surface area (Å²) in [5.74, 6) is -29.6. The number of esters is 4. The van der Waals surface area contributed by atoms with E-state index in [1.807, 2.05) is 0 Å². The highest BCUT2D eigenvalue weighted by molar-refractivity contribution is 6.21. The van der Waals surface area contributed by atoms with Crippen molar-refractivity contribution < 1.29 is 108 Å². The van der Waals surface area contributed by atoms with Crippen molar-refractivity contribution >= 4 is 71.6 Å². The molecule has 0 aromatic carbocycles. The number of ether oxygens (including phenoxy) is 2. The van der Waals surface area contributed by atoms with Crippen LogP contribution in [0.5, 0.6) is 0 Å². The van der Waals surface area contributed by atoms with Crippen LogP contribution in [-0.4, -0.2) is 112 Å². The smallest absolute Gasteiger partial charge is 0.333 e. The van der Waals surface area contributed by atoms with Crippen molar-refractivity contribution in [2.75, 3.05) is 0 Å². The summed E-state index contributed by atoms with van der Waals surface area (Å²) in [5, 5.41) is 81.9. The summed E-state index contributed by atoms with van der Waals surface area (Å²) in [6, 6.07) is 0. The maximum absolute atomic E-state index is 14.4. The standard InChI is InChI=1S/C33H38O22/c34-16(35)28(17(36)37)10-4-1-7-13-31(28,22(46)47)24(50)54-26(52)33(15-9-3-6-12-30(33,20(42)43)21(44)45)27(53)55-25(51)32(23(48)49)14-8-2-5-11-29(32,18(38)39)19(40)41/h1-15H2,(H,34,35)(H,36,37)(H,38,39)(H,40,41)(H,42,43)(H,44,45)(H,46,47)(H,48,49). The average molecular weight is 787 g/mol. The lowest BCUT2D eigenvalue weighted by atomic mass is 9.58. The second-order valence-corrected chi connectivity index (χ2v) is 13.9. The first-order valence-corrected chi connectivity index (χ1v) is 16.9. The normalized spacial score (nSPS) is 27.2. The van der Waals surface area contributed by atoms with Gasteiger partial charge < -0.3 is 50.3 Å². The Morgan fingerprint density at radius 2 is 0.418 bits per heavy atom. The summed E-state index contributed by atoms with van der Waals surface area (Å²) in [6.07, 6.45) is -9.32. The van der Waals surface area contributed by atoms with Gasteiger partial charge in [-0.25, -0.2) is 0 Å². The number of carbonyl (C=O) groups excluding carboxylic acids is 4. The molecule has 2 unspecified atom stereocenters. The highest BCUT2D eigenvalue weighted by atomic mass is 16.6. The third-order valence-electron chi connectivity index (χ3n) is 11.7. The fourth-order valence-electron chi connectivity index (χ4n) is 8.62. The van der Waals surface area contributed by atoms with Crippen LogP contribution in [-0.2, 0) is 67.0 Å². The van der Waals surface area contributed by atoms with Crippen molar-refractivity contribution in [2.24, 2.45) is 32.5 Å². The van der Waals surface area contributed by atoms with E-state index in [-0.39, 0.29) is 44.9 Å². The van der Waals surface area contributed by atoms with Crippen molar-refractivity contribution in [2.45, 2.75) is 96.3 Å². The zero-order valence-electron chi connectivity index (χ0n) is 28.9. The Morgan fingerprint density at radius 1 is 0.255 bits per heavy atom. The van der Waals surface area contributed by atoms with Crippen LogP contribution in [0, 0.1) is 32.5 Å². The summed E-state index contributed by atoms with van der Waals surface area (Å²) >= 11 is 0. The van der Waals surface area contributed by atoms with Gasteiger partial charge in [0.25, 0.3) is 0 Å². The van der Waals surface area contributed by atoms with Gasteiger partial charge in [0.15, 0.2) is 32.5 Å². The number of carboxylic acids is 8. The van der Waals surface area contributed by atoms with Gasteiger partial charge in [0, 0.05) is 0 Å². The molecule has 55 heavy (non-hydrogen) atoms. The van der Waals surface area contributed by atoms with Gasteiger partial charge in [0.1, 0.15) is 0 Å². The number of hydrogen-bond acceptors (Lipinski definition) is 14. The maximum Gasteiger partial charge on any atom is 0.333 e. The van der Waals surface area contributed by atoms with Crippen molar-refractivity contribution in [1.29, 1.82) is 0 Å². The molecule has 22 nitrogen and oxygen atoms in total. The van der Waals surface area contributed by atoms with Gasteiger partial charge in [-0.05, 0) is 38.5 Å². The van der Waals surface area contributed by atoms with E-state index in [9.17, 15) is 98.4 Å². The Balaban J connectivity index is 2.39. The molecule has 302 valence electrons. The maximum atomic E-state index is 14.4. The molecule has 3 fully saturated rings. The minimum Gasteiger partial charge on any atom is -0.480 e. The van der Waals surface area contributed by atoms with Gasteiger partial charge in [0.05, 0.1) is 0 Å². The number of aliphatic carboxylic acids is 8. The third kappa shape index (κ3) is 5.93. The molecule has 0 amide bonds. The van der Waals surface area contributed by atoms with Crippen molar-refractivity contribution in [3.63, 3.8) is 0 Å². The highest BCUT2D eigenvalue weighted by Gasteiger charge is 2.77. The topological polar surface area (TPSA) is 385 Å². The molecule has 22 heteroatoms. The Hall–Kier alpha value is -5.96. The predicted molar refractivity (Wildman–Crippen MR) is 167 cm³/mol. The molecule has 3 rings (SSSR count). The summed E-state index contributed by atoms with van der Waals surface area (Å²) in [5.41, 5.74) is -22.3. The second kappa shape index (κ2) is 15.4. The van der Waals surface area contributed by atoms with E-state index in [1.54, 1.807) is 0 Å².